The molecule has 0 bridgehead atoms. The fraction of sp³-hybridized carbons (Fsp3) is 0.583. The van der Waals surface area contributed by atoms with Crippen molar-refractivity contribution in [2.45, 2.75) is 75.3 Å². The van der Waals surface area contributed by atoms with Crippen LogP contribution >= 0.6 is 11.3 Å². The minimum Gasteiger partial charge on any atom is -0.478 e. The van der Waals surface area contributed by atoms with Gasteiger partial charge in [0.2, 0.25) is 5.60 Å². The maximum absolute atomic E-state index is 13.4. The number of nitrogens with two attached hydrogens (primary N) is 2. The third-order valence-electron chi connectivity index (χ3n) is 7.83. The molecule has 3 aliphatic rings. The number of piperidine rings is 1. The summed E-state index contributed by atoms with van der Waals surface area (Å²) in [5.74, 6) is -3.17. The number of guanidine groups is 1. The summed E-state index contributed by atoms with van der Waals surface area (Å²) in [7, 11) is -5.03. The summed E-state index contributed by atoms with van der Waals surface area (Å²) in [6, 6.07) is -2.63. The van der Waals surface area contributed by atoms with Crippen LogP contribution in [0, 0.1) is 0 Å². The first-order chi connectivity index (χ1) is 21.9. The van der Waals surface area contributed by atoms with Crippen LogP contribution in [0.4, 0.5) is 5.13 Å². The first kappa shape index (κ1) is 33.0. The lowest BCUT2D eigenvalue weighted by Crippen LogP contribution is -2.73. The summed E-state index contributed by atoms with van der Waals surface area (Å²) in [6.07, 6.45) is 4.66. The van der Waals surface area contributed by atoms with Crippen LogP contribution < -0.4 is 27.4 Å². The highest BCUT2D eigenvalue weighted by Gasteiger charge is 2.55. The molecule has 0 radical (unpaired) electrons. The summed E-state index contributed by atoms with van der Waals surface area (Å²) < 4.78 is 34.0. The van der Waals surface area contributed by atoms with E-state index in [1.165, 1.54) is 11.6 Å². The number of hydrogen-bond acceptors (Lipinski definition) is 14. The molecule has 3 fully saturated rings. The van der Waals surface area contributed by atoms with E-state index in [1.54, 1.807) is 0 Å². The Bertz CT molecular complexity index is 1630. The molecule has 0 unspecified atom stereocenters. The lowest BCUT2D eigenvalue weighted by Gasteiger charge is -2.43. The summed E-state index contributed by atoms with van der Waals surface area (Å²) in [4.78, 5) is 53.0. The normalized spacial score (nSPS) is 22.4. The zero-order valence-electron chi connectivity index (χ0n) is 24.4. The number of rotatable bonds is 12. The number of nitrogens with one attached hydrogen (secondary N) is 3. The van der Waals surface area contributed by atoms with Crippen molar-refractivity contribution in [1.82, 2.24) is 40.2 Å². The molecule has 20 nitrogen and oxygen atoms in total. The molecule has 2 aromatic heterocycles. The predicted molar refractivity (Wildman–Crippen MR) is 161 cm³/mol. The quantitative estimate of drug-likeness (QED) is 0.0410. The Hall–Kier alpha value is -4.41. The highest BCUT2D eigenvalue weighted by atomic mass is 32.2. The van der Waals surface area contributed by atoms with Crippen LogP contribution in [0.1, 0.15) is 49.9 Å². The molecule has 2 aromatic rings. The van der Waals surface area contributed by atoms with Gasteiger partial charge in [0.15, 0.2) is 16.8 Å². The van der Waals surface area contributed by atoms with Gasteiger partial charge in [-0.25, -0.2) is 19.1 Å². The number of anilines is 1. The number of β-lactam (4-membered cyclic amide) rings is 1. The lowest BCUT2D eigenvalue weighted by atomic mass is 9.98. The van der Waals surface area contributed by atoms with E-state index in [1.807, 2.05) is 0 Å². The van der Waals surface area contributed by atoms with Crippen LogP contribution in [-0.2, 0) is 42.6 Å². The molecule has 46 heavy (non-hydrogen) atoms. The number of carbonyl (C=O) groups excluding carboxylic acids is 2. The Morgan fingerprint density at radius 1 is 1.24 bits per heavy atom. The zero-order valence-corrected chi connectivity index (χ0v) is 26.0. The summed E-state index contributed by atoms with van der Waals surface area (Å²) >= 11 is 0.978. The molecule has 2 amide bonds. The number of carboxylic acids is 1. The van der Waals surface area contributed by atoms with Crippen molar-refractivity contribution in [3.05, 3.63) is 23.0 Å². The molecule has 5 rings (SSSR count). The molecule has 2 aliphatic heterocycles. The number of carbonyl (C=O) groups is 3. The first-order valence-corrected chi connectivity index (χ1v) is 16.6. The largest absolute Gasteiger partial charge is 0.478 e. The van der Waals surface area contributed by atoms with Gasteiger partial charge in [0.25, 0.3) is 11.8 Å². The fourth-order valence-electron chi connectivity index (χ4n) is 5.42. The smallest absolute Gasteiger partial charge is 0.362 e. The standard InChI is InChI=1S/C24H34N12O8S2/c25-22(30-13-3-7-27-8-4-13)28-9-14-10-29-35(33-14)11-16-18(20(38)36(16)46(41,42)43)32-19(37)17(15-12-45-23(26)31-15)34-44-24(21(39)40)5-1-2-6-24/h10,12-13,16,18,27H,1-9,11H2,(H2,26,31)(H,32,37)(H,39,40)(H3,25,28,30)(H,41,42,43)/b34-17-/t16-,18+/m1/s1. The molecular formula is C24H34N12O8S2. The van der Waals surface area contributed by atoms with Gasteiger partial charge in [0.05, 0.1) is 19.3 Å². The third-order valence-corrected chi connectivity index (χ3v) is 9.46. The van der Waals surface area contributed by atoms with E-state index in [2.05, 4.69) is 41.3 Å². The minimum absolute atomic E-state index is 0.0543. The third kappa shape index (κ3) is 7.35. The van der Waals surface area contributed by atoms with E-state index in [-0.39, 0.29) is 53.1 Å². The Labute approximate surface area is 266 Å². The number of aromatic nitrogens is 4. The van der Waals surface area contributed by atoms with Gasteiger partial charge in [0.1, 0.15) is 23.5 Å². The number of nitrogen functional groups attached to an aromatic ring is 1. The Kier molecular flexibility index (Phi) is 9.69. The van der Waals surface area contributed by atoms with E-state index < -0.39 is 51.5 Å². The number of aliphatic imine (C=N–C) groups is 1. The molecule has 0 aromatic carbocycles. The monoisotopic (exact) mass is 682 g/mol. The topological polar surface area (TPSA) is 295 Å². The van der Waals surface area contributed by atoms with E-state index in [4.69, 9.17) is 16.3 Å². The van der Waals surface area contributed by atoms with Gasteiger partial charge in [-0.05, 0) is 38.8 Å². The molecule has 0 spiro atoms. The number of hydrogen-bond donors (Lipinski definition) is 7. The number of thiazole rings is 1. The average molecular weight is 683 g/mol. The second kappa shape index (κ2) is 13.5. The molecule has 2 saturated heterocycles. The van der Waals surface area contributed by atoms with Crippen LogP contribution in [-0.4, -0.2) is 109 Å². The number of carboxylic acid groups (broad SMARTS) is 1. The molecule has 4 heterocycles. The van der Waals surface area contributed by atoms with Crippen molar-refractivity contribution >= 4 is 56.2 Å². The second-order valence-electron chi connectivity index (χ2n) is 11.0. The van der Waals surface area contributed by atoms with Crippen LogP contribution in [0.15, 0.2) is 21.7 Å². The van der Waals surface area contributed by atoms with Crippen molar-refractivity contribution in [3.8, 4) is 0 Å². The van der Waals surface area contributed by atoms with Crippen molar-refractivity contribution < 1.29 is 37.3 Å². The van der Waals surface area contributed by atoms with Crippen molar-refractivity contribution in [1.29, 1.82) is 0 Å². The SMILES string of the molecule is NC(=NCc1cnn(C[C@@H]2[C@H](NC(=O)/C(=N\OC3(C(=O)O)CCCC3)c3csc(N)n3)C(=O)N2S(=O)(=O)O)n1)NC1CCNCC1. The predicted octanol–water partition coefficient (Wildman–Crippen LogP) is -2.21. The van der Waals surface area contributed by atoms with E-state index in [0.29, 0.717) is 18.5 Å². The number of aliphatic carboxylic acids is 1. The highest BCUT2D eigenvalue weighted by Crippen LogP contribution is 2.34. The van der Waals surface area contributed by atoms with Gasteiger partial charge in [0, 0.05) is 24.3 Å². The maximum Gasteiger partial charge on any atom is 0.362 e. The Morgan fingerprint density at radius 2 is 1.96 bits per heavy atom. The fourth-order valence-corrected chi connectivity index (χ4v) is 6.84. The zero-order chi connectivity index (χ0) is 33.1. The van der Waals surface area contributed by atoms with Crippen molar-refractivity contribution in [2.75, 3.05) is 18.8 Å². The number of nitrogens with zero attached hydrogens (tertiary/aromatic N) is 7. The van der Waals surface area contributed by atoms with Crippen LogP contribution in [0.3, 0.4) is 0 Å². The molecule has 250 valence electrons. The van der Waals surface area contributed by atoms with Gasteiger partial charge in [-0.2, -0.15) is 23.4 Å². The van der Waals surface area contributed by atoms with Gasteiger partial charge in [-0.1, -0.05) is 5.16 Å². The average Bonchev–Trinajstić information content (AvgIpc) is 3.77. The second-order valence-corrected chi connectivity index (χ2v) is 13.2. The van der Waals surface area contributed by atoms with Gasteiger partial charge >= 0.3 is 16.3 Å². The molecule has 1 saturated carbocycles. The molecule has 2 atom stereocenters. The highest BCUT2D eigenvalue weighted by molar-refractivity contribution is 7.84. The van der Waals surface area contributed by atoms with Crippen LogP contribution in [0.25, 0.3) is 0 Å². The maximum atomic E-state index is 13.4. The van der Waals surface area contributed by atoms with Crippen LogP contribution in [0.2, 0.25) is 0 Å². The van der Waals surface area contributed by atoms with Crippen molar-refractivity contribution in [3.63, 3.8) is 0 Å². The summed E-state index contributed by atoms with van der Waals surface area (Å²) in [6.45, 7) is 1.46. The molecule has 9 N–H and O–H groups in total. The van der Waals surface area contributed by atoms with Gasteiger partial charge in [-0.3, -0.25) is 14.1 Å². The Balaban J connectivity index is 1.30. The first-order valence-electron chi connectivity index (χ1n) is 14.3. The summed E-state index contributed by atoms with van der Waals surface area (Å²) in [5, 5.41) is 32.2. The van der Waals surface area contributed by atoms with Gasteiger partial charge in [-0.15, -0.1) is 11.3 Å². The van der Waals surface area contributed by atoms with Gasteiger partial charge < -0.3 is 37.4 Å². The molecule has 22 heteroatoms. The van der Waals surface area contributed by atoms with E-state index in [0.717, 1.165) is 42.1 Å². The van der Waals surface area contributed by atoms with Crippen LogP contribution in [0.5, 0.6) is 0 Å². The number of oxime groups is 1. The minimum atomic E-state index is -5.03. The van der Waals surface area contributed by atoms with E-state index >= 15 is 0 Å². The van der Waals surface area contributed by atoms with Crippen molar-refractivity contribution in [2.24, 2.45) is 15.9 Å². The Morgan fingerprint density at radius 3 is 2.59 bits per heavy atom. The molecule has 1 aliphatic carbocycles. The van der Waals surface area contributed by atoms with E-state index in [9.17, 15) is 32.5 Å². The number of amides is 2. The lowest BCUT2D eigenvalue weighted by molar-refractivity contribution is -0.165. The molecular weight excluding hydrogens is 648 g/mol. The summed E-state index contributed by atoms with van der Waals surface area (Å²) in [5.41, 5.74) is 9.91.